The third-order valence-electron chi connectivity index (χ3n) is 2.47. The summed E-state index contributed by atoms with van der Waals surface area (Å²) in [6, 6.07) is 4.14. The summed E-state index contributed by atoms with van der Waals surface area (Å²) >= 11 is 0. The first-order chi connectivity index (χ1) is 9.35. The number of aryl methyl sites for hydroxylation is 1. The Morgan fingerprint density at radius 2 is 2.10 bits per heavy atom. The van der Waals surface area contributed by atoms with Crippen molar-refractivity contribution in [2.45, 2.75) is 13.3 Å². The minimum atomic E-state index is -0.752. The summed E-state index contributed by atoms with van der Waals surface area (Å²) in [7, 11) is 1.13. The minimum Gasteiger partial charge on any atom is -0.507 e. The van der Waals surface area contributed by atoms with E-state index in [0.29, 0.717) is 5.56 Å². The molecule has 0 fully saturated rings. The number of nitrogens with zero attached hydrogens (tertiary/aromatic N) is 1. The number of rotatable bonds is 5. The van der Waals surface area contributed by atoms with Gasteiger partial charge in [0.2, 0.25) is 0 Å². The van der Waals surface area contributed by atoms with E-state index >= 15 is 0 Å². The number of ketones is 1. The van der Waals surface area contributed by atoms with Crippen molar-refractivity contribution in [3.63, 3.8) is 0 Å². The van der Waals surface area contributed by atoms with E-state index in [4.69, 9.17) is 0 Å². The van der Waals surface area contributed by atoms with Crippen LogP contribution >= 0.6 is 0 Å². The number of carbonyl (C=O) groups is 2. The molecule has 7 nitrogen and oxygen atoms in total. The van der Waals surface area contributed by atoms with Gasteiger partial charge in [0.1, 0.15) is 12.2 Å². The van der Waals surface area contributed by atoms with Crippen molar-refractivity contribution in [1.82, 2.24) is 0 Å². The summed E-state index contributed by atoms with van der Waals surface area (Å²) in [5, 5.41) is 20.7. The molecule has 7 heteroatoms. The highest BCUT2D eigenvalue weighted by atomic mass is 16.6. The lowest BCUT2D eigenvalue weighted by Gasteiger charge is -2.03. The van der Waals surface area contributed by atoms with Crippen LogP contribution in [0.1, 0.15) is 17.5 Å². The van der Waals surface area contributed by atoms with E-state index in [0.717, 1.165) is 13.2 Å². The molecule has 0 amide bonds. The highest BCUT2D eigenvalue weighted by Gasteiger charge is 2.18. The molecule has 0 aliphatic heterocycles. The third-order valence-corrected chi connectivity index (χ3v) is 2.47. The van der Waals surface area contributed by atoms with Crippen LogP contribution < -0.4 is 0 Å². The van der Waals surface area contributed by atoms with Crippen LogP contribution in [0.4, 0.5) is 5.69 Å². The summed E-state index contributed by atoms with van der Waals surface area (Å²) in [5.74, 6) is -2.02. The molecule has 0 heterocycles. The molecule has 0 radical (unpaired) electrons. The Balaban J connectivity index is 3.10. The molecule has 0 unspecified atom stereocenters. The van der Waals surface area contributed by atoms with E-state index in [9.17, 15) is 24.8 Å². The van der Waals surface area contributed by atoms with Gasteiger partial charge < -0.3 is 9.84 Å². The molecule has 0 bridgehead atoms. The predicted octanol–water partition coefficient (Wildman–Crippen LogP) is 1.93. The maximum Gasteiger partial charge on any atom is 0.313 e. The Morgan fingerprint density at radius 3 is 2.65 bits per heavy atom. The van der Waals surface area contributed by atoms with Gasteiger partial charge in [0.05, 0.1) is 17.6 Å². The maximum atomic E-state index is 11.5. The van der Waals surface area contributed by atoms with Crippen LogP contribution in [0.25, 0.3) is 5.76 Å². The lowest BCUT2D eigenvalue weighted by atomic mass is 10.1. The second kappa shape index (κ2) is 6.46. The zero-order chi connectivity index (χ0) is 15.3. The van der Waals surface area contributed by atoms with Crippen molar-refractivity contribution >= 4 is 23.2 Å². The molecule has 1 N–H and O–H groups in total. The summed E-state index contributed by atoms with van der Waals surface area (Å²) in [6.07, 6.45) is 0.235. The van der Waals surface area contributed by atoms with Crippen molar-refractivity contribution < 1.29 is 24.4 Å². The summed E-state index contributed by atoms with van der Waals surface area (Å²) in [4.78, 5) is 32.6. The third kappa shape index (κ3) is 3.91. The largest absolute Gasteiger partial charge is 0.507 e. The number of hydrogen-bond donors (Lipinski definition) is 1. The van der Waals surface area contributed by atoms with Gasteiger partial charge in [-0.1, -0.05) is 6.07 Å². The lowest BCUT2D eigenvalue weighted by Crippen LogP contribution is -2.07. The van der Waals surface area contributed by atoms with E-state index < -0.39 is 28.9 Å². The zero-order valence-electron chi connectivity index (χ0n) is 11.0. The smallest absolute Gasteiger partial charge is 0.313 e. The number of allylic oxidation sites excluding steroid dienone is 1. The SMILES string of the molecule is COC(=O)CC(=O)/C=C(\O)c1cc(C)ccc1[N+](=O)[O-]. The average Bonchev–Trinajstić information content (AvgIpc) is 2.37. The maximum absolute atomic E-state index is 11.5. The number of benzene rings is 1. The molecule has 0 saturated carbocycles. The lowest BCUT2D eigenvalue weighted by molar-refractivity contribution is -0.385. The number of esters is 1. The molecular formula is C13H13NO6. The number of nitro benzene ring substituents is 1. The molecule has 0 atom stereocenters. The van der Waals surface area contributed by atoms with Gasteiger partial charge >= 0.3 is 5.97 Å². The molecular weight excluding hydrogens is 266 g/mol. The van der Waals surface area contributed by atoms with Gasteiger partial charge in [-0.2, -0.15) is 0 Å². The molecule has 0 aliphatic rings. The van der Waals surface area contributed by atoms with Gasteiger partial charge in [0.15, 0.2) is 5.78 Å². The van der Waals surface area contributed by atoms with Crippen LogP contribution in [0.15, 0.2) is 24.3 Å². The highest BCUT2D eigenvalue weighted by molar-refractivity contribution is 6.05. The van der Waals surface area contributed by atoms with Crippen LogP contribution in [0.3, 0.4) is 0 Å². The van der Waals surface area contributed by atoms with E-state index in [2.05, 4.69) is 4.74 Å². The Morgan fingerprint density at radius 1 is 1.45 bits per heavy atom. The number of hydrogen-bond acceptors (Lipinski definition) is 6. The van der Waals surface area contributed by atoms with Gasteiger partial charge in [-0.3, -0.25) is 19.7 Å². The standard InChI is InChI=1S/C13H13NO6/c1-8-3-4-11(14(18)19)10(5-8)12(16)6-9(15)7-13(17)20-2/h3-6,16H,7H2,1-2H3/b12-6-. The number of ether oxygens (including phenoxy) is 1. The van der Waals surface area contributed by atoms with Crippen LogP contribution in [-0.4, -0.2) is 28.9 Å². The molecule has 106 valence electrons. The fourth-order valence-electron chi connectivity index (χ4n) is 1.51. The minimum absolute atomic E-state index is 0.0757. The van der Waals surface area contributed by atoms with Crippen LogP contribution in [0.5, 0.6) is 0 Å². The summed E-state index contributed by atoms with van der Waals surface area (Å²) in [6.45, 7) is 1.69. The molecule has 0 saturated heterocycles. The van der Waals surface area contributed by atoms with Gasteiger partial charge in [0.25, 0.3) is 5.69 Å². The fourth-order valence-corrected chi connectivity index (χ4v) is 1.51. The second-order valence-corrected chi connectivity index (χ2v) is 4.03. The monoisotopic (exact) mass is 279 g/mol. The van der Waals surface area contributed by atoms with Crippen molar-refractivity contribution in [2.24, 2.45) is 0 Å². The van der Waals surface area contributed by atoms with Crippen molar-refractivity contribution in [2.75, 3.05) is 7.11 Å². The van der Waals surface area contributed by atoms with Crippen molar-refractivity contribution in [3.8, 4) is 0 Å². The first kappa shape index (κ1) is 15.4. The number of aliphatic hydroxyl groups is 1. The van der Waals surface area contributed by atoms with E-state index in [1.165, 1.54) is 18.2 Å². The summed E-state index contributed by atoms with van der Waals surface area (Å²) < 4.78 is 4.31. The van der Waals surface area contributed by atoms with Gasteiger partial charge in [-0.15, -0.1) is 0 Å². The molecule has 20 heavy (non-hydrogen) atoms. The number of methoxy groups -OCH3 is 1. The van der Waals surface area contributed by atoms with Crippen LogP contribution in [-0.2, 0) is 14.3 Å². The van der Waals surface area contributed by atoms with Crippen LogP contribution in [0.2, 0.25) is 0 Å². The van der Waals surface area contributed by atoms with Crippen molar-refractivity contribution in [1.29, 1.82) is 0 Å². The Bertz CT molecular complexity index is 591. The molecule has 1 rings (SSSR count). The fraction of sp³-hybridized carbons (Fsp3) is 0.231. The topological polar surface area (TPSA) is 107 Å². The molecule has 1 aromatic carbocycles. The predicted molar refractivity (Wildman–Crippen MR) is 70.1 cm³/mol. The van der Waals surface area contributed by atoms with Gasteiger partial charge in [-0.05, 0) is 18.6 Å². The van der Waals surface area contributed by atoms with Gasteiger partial charge in [0, 0.05) is 12.1 Å². The van der Waals surface area contributed by atoms with Crippen LogP contribution in [0, 0.1) is 17.0 Å². The molecule has 0 aromatic heterocycles. The van der Waals surface area contributed by atoms with E-state index in [-0.39, 0.29) is 11.3 Å². The normalized spacial score (nSPS) is 11.0. The van der Waals surface area contributed by atoms with Crippen molar-refractivity contribution in [3.05, 3.63) is 45.5 Å². The average molecular weight is 279 g/mol. The Labute approximate surface area is 114 Å². The molecule has 0 spiro atoms. The number of aliphatic hydroxyl groups excluding tert-OH is 1. The zero-order valence-corrected chi connectivity index (χ0v) is 11.0. The Hall–Kier alpha value is -2.70. The number of carbonyl (C=O) groups excluding carboxylic acids is 2. The number of nitro groups is 1. The summed E-state index contributed by atoms with van der Waals surface area (Å²) in [5.41, 5.74) is 0.286. The van der Waals surface area contributed by atoms with E-state index in [1.54, 1.807) is 6.92 Å². The first-order valence-corrected chi connectivity index (χ1v) is 5.61. The first-order valence-electron chi connectivity index (χ1n) is 5.61. The quantitative estimate of drug-likeness (QED) is 0.220. The molecule has 0 aliphatic carbocycles. The highest BCUT2D eigenvalue weighted by Crippen LogP contribution is 2.25. The second-order valence-electron chi connectivity index (χ2n) is 4.03. The van der Waals surface area contributed by atoms with Gasteiger partial charge in [-0.25, -0.2) is 0 Å². The Kier molecular flexibility index (Phi) is 4.96. The van der Waals surface area contributed by atoms with E-state index in [1.807, 2.05) is 0 Å². The molecule has 1 aromatic rings.